The number of rotatable bonds is 4. The van der Waals surface area contributed by atoms with Crippen molar-refractivity contribution in [1.82, 2.24) is 0 Å². The number of hydrogen-bond donors (Lipinski definition) is 0. The lowest BCUT2D eigenvalue weighted by atomic mass is 10.2. The highest BCUT2D eigenvalue weighted by Crippen LogP contribution is 2.29. The Morgan fingerprint density at radius 3 is 2.26 bits per heavy atom. The molecule has 0 radical (unpaired) electrons. The van der Waals surface area contributed by atoms with E-state index in [-0.39, 0.29) is 4.90 Å². The van der Waals surface area contributed by atoms with Gasteiger partial charge in [-0.3, -0.25) is 0 Å². The molecule has 2 aromatic rings. The van der Waals surface area contributed by atoms with Gasteiger partial charge in [0.05, 0.1) is 24.6 Å². The molecule has 0 fully saturated rings. The van der Waals surface area contributed by atoms with Crippen LogP contribution >= 0.6 is 0 Å². The number of alkyl halides is 3. The zero-order valence-electron chi connectivity index (χ0n) is 12.3. The highest BCUT2D eigenvalue weighted by molar-refractivity contribution is 7.92. The van der Waals surface area contributed by atoms with E-state index in [1.165, 1.54) is 31.2 Å². The van der Waals surface area contributed by atoms with Crippen LogP contribution in [0, 0.1) is 0 Å². The van der Waals surface area contributed by atoms with E-state index < -0.39 is 21.8 Å². The molecule has 124 valence electrons. The van der Waals surface area contributed by atoms with Gasteiger partial charge >= 0.3 is 16.2 Å². The lowest BCUT2D eigenvalue weighted by Gasteiger charge is -2.14. The van der Waals surface area contributed by atoms with Crippen LogP contribution in [0.25, 0.3) is 0 Å². The molecule has 0 unspecified atom stereocenters. The summed E-state index contributed by atoms with van der Waals surface area (Å²) in [5.74, 6) is 0.432. The third kappa shape index (κ3) is 3.55. The number of halogens is 3. The van der Waals surface area contributed by atoms with Crippen molar-refractivity contribution < 1.29 is 31.0 Å². The van der Waals surface area contributed by atoms with Gasteiger partial charge in [-0.25, -0.2) is 0 Å². The monoisotopic (exact) mass is 347 g/mol. The van der Waals surface area contributed by atoms with Gasteiger partial charge in [0, 0.05) is 6.07 Å². The Morgan fingerprint density at radius 2 is 1.74 bits per heavy atom. The molecule has 0 atom stereocenters. The molecule has 0 aliphatic carbocycles. The van der Waals surface area contributed by atoms with Crippen LogP contribution in [-0.4, -0.2) is 22.6 Å². The maximum absolute atomic E-state index is 12.5. The van der Waals surface area contributed by atoms with Crippen LogP contribution in [0.5, 0.6) is 5.75 Å². The molecular weight excluding hydrogens is 333 g/mol. The molecule has 1 aromatic carbocycles. The van der Waals surface area contributed by atoms with Crippen molar-refractivity contribution in [1.29, 1.82) is 0 Å². The van der Waals surface area contributed by atoms with Crippen molar-refractivity contribution >= 4 is 10.0 Å². The third-order valence-electron chi connectivity index (χ3n) is 3.15. The second kappa shape index (κ2) is 6.07. The van der Waals surface area contributed by atoms with E-state index in [0.717, 1.165) is 28.7 Å². The van der Waals surface area contributed by atoms with E-state index >= 15 is 0 Å². The van der Waals surface area contributed by atoms with E-state index in [9.17, 15) is 21.6 Å². The third-order valence-corrected chi connectivity index (χ3v) is 4.90. The molecule has 1 aromatic heterocycles. The first-order chi connectivity index (χ1) is 10.7. The normalized spacial score (nSPS) is 12.0. The maximum Gasteiger partial charge on any atom is 0.416 e. The van der Waals surface area contributed by atoms with Gasteiger partial charge in [0.1, 0.15) is 0 Å². The molecule has 23 heavy (non-hydrogen) atoms. The Kier molecular flexibility index (Phi) is 4.51. The molecule has 0 aliphatic rings. The Balaban J connectivity index is 2.37. The van der Waals surface area contributed by atoms with Crippen LogP contribution in [0.2, 0.25) is 0 Å². The first-order valence-corrected chi connectivity index (χ1v) is 7.82. The molecule has 0 saturated carbocycles. The Morgan fingerprint density at radius 1 is 1.13 bits per heavy atom. The minimum Gasteiger partial charge on any atom is -0.491 e. The molecule has 0 spiro atoms. The smallest absolute Gasteiger partial charge is 0.416 e. The summed E-state index contributed by atoms with van der Waals surface area (Å²) in [6.07, 6.45) is -1.61. The molecule has 0 aliphatic heterocycles. The molecule has 0 bridgehead atoms. The number of methoxy groups -OCH3 is 1. The van der Waals surface area contributed by atoms with Crippen molar-refractivity contribution in [3.8, 4) is 5.75 Å². The van der Waals surface area contributed by atoms with Gasteiger partial charge in [0.15, 0.2) is 5.75 Å². The molecule has 0 N–H and O–H groups in total. The highest BCUT2D eigenvalue weighted by atomic mass is 32.2. The van der Waals surface area contributed by atoms with E-state index in [1.807, 2.05) is 0 Å². The van der Waals surface area contributed by atoms with Crippen molar-refractivity contribution in [3.05, 3.63) is 54.4 Å². The van der Waals surface area contributed by atoms with E-state index in [2.05, 4.69) is 0 Å². The molecule has 2 rings (SSSR count). The average molecular weight is 347 g/mol. The summed E-state index contributed by atoms with van der Waals surface area (Å²) < 4.78 is 69.8. The maximum atomic E-state index is 12.5. The van der Waals surface area contributed by atoms with Gasteiger partial charge < -0.3 is 4.74 Å². The number of hydrogen-bond acceptors (Lipinski definition) is 3. The highest BCUT2D eigenvalue weighted by Gasteiger charge is 2.32. The van der Waals surface area contributed by atoms with Crippen molar-refractivity contribution in [2.24, 2.45) is 0 Å². The topological polar surface area (TPSA) is 50.5 Å². The fourth-order valence-electron chi connectivity index (χ4n) is 1.83. The van der Waals surface area contributed by atoms with Crippen LogP contribution in [0.3, 0.4) is 0 Å². The lowest BCUT2D eigenvalue weighted by Crippen LogP contribution is -2.57. The van der Waals surface area contributed by atoms with Crippen molar-refractivity contribution in [2.45, 2.75) is 11.1 Å². The van der Waals surface area contributed by atoms with Gasteiger partial charge in [0.2, 0.25) is 12.4 Å². The minimum absolute atomic E-state index is 0.247. The summed E-state index contributed by atoms with van der Waals surface area (Å²) in [5.41, 5.74) is -0.909. The Bertz CT molecular complexity index is 790. The number of aromatic nitrogens is 1. The van der Waals surface area contributed by atoms with Crippen LogP contribution in [0.15, 0.2) is 53.7 Å². The van der Waals surface area contributed by atoms with Crippen molar-refractivity contribution in [3.63, 3.8) is 0 Å². The zero-order valence-corrected chi connectivity index (χ0v) is 13.1. The molecule has 0 amide bonds. The Labute approximate surface area is 131 Å². The number of benzene rings is 1. The van der Waals surface area contributed by atoms with Gasteiger partial charge in [0.25, 0.3) is 0 Å². The van der Waals surface area contributed by atoms with Gasteiger partial charge in [-0.1, -0.05) is 9.09 Å². The fourth-order valence-corrected chi connectivity index (χ4v) is 2.97. The summed E-state index contributed by atoms with van der Waals surface area (Å²) in [6.45, 7) is 0. The number of pyridine rings is 1. The summed E-state index contributed by atoms with van der Waals surface area (Å²) in [5, 5.41) is 0. The average Bonchev–Trinajstić information content (AvgIpc) is 2.53. The molecular formula is C14H14F3N2O3S+. The van der Waals surface area contributed by atoms with Gasteiger partial charge in [-0.05, 0) is 30.3 Å². The number of ether oxygens (including phenoxy) is 1. The number of nitrogens with zero attached hydrogens (tertiary/aromatic N) is 2. The minimum atomic E-state index is -4.52. The van der Waals surface area contributed by atoms with Gasteiger partial charge in [-0.15, -0.1) is 0 Å². The van der Waals surface area contributed by atoms with Crippen LogP contribution in [0.1, 0.15) is 5.56 Å². The standard InChI is InChI=1S/C14H14F3N2O3S/c1-18(19-9-3-4-12(10-19)22-2)23(20,21)13-7-5-11(6-8-13)14(15,16)17/h3-10H,1-2H3/q+1. The summed E-state index contributed by atoms with van der Waals surface area (Å²) in [6, 6.07) is 6.53. The molecule has 1 heterocycles. The second-order valence-corrected chi connectivity index (χ2v) is 6.54. The van der Waals surface area contributed by atoms with E-state index in [1.54, 1.807) is 12.1 Å². The van der Waals surface area contributed by atoms with Crippen LogP contribution in [-0.2, 0) is 16.2 Å². The van der Waals surface area contributed by atoms with Crippen LogP contribution < -0.4 is 13.8 Å². The fraction of sp³-hybridized carbons (Fsp3) is 0.214. The summed E-state index contributed by atoms with van der Waals surface area (Å²) in [4.78, 5) is -0.247. The SMILES string of the molecule is COc1ccc[n+](N(C)S(=O)(=O)c2ccc(C(F)(F)F)cc2)c1. The van der Waals surface area contributed by atoms with E-state index in [4.69, 9.17) is 4.74 Å². The molecule has 5 nitrogen and oxygen atoms in total. The first kappa shape index (κ1) is 17.1. The summed E-state index contributed by atoms with van der Waals surface area (Å²) >= 11 is 0. The predicted octanol–water partition coefficient (Wildman–Crippen LogP) is 1.96. The quantitative estimate of drug-likeness (QED) is 0.795. The van der Waals surface area contributed by atoms with Crippen LogP contribution in [0.4, 0.5) is 13.2 Å². The summed E-state index contributed by atoms with van der Waals surface area (Å²) in [7, 11) is -1.29. The van der Waals surface area contributed by atoms with Gasteiger partial charge in [-0.2, -0.15) is 21.6 Å². The predicted molar refractivity (Wildman–Crippen MR) is 76.0 cm³/mol. The number of sulfonamides is 1. The largest absolute Gasteiger partial charge is 0.491 e. The first-order valence-electron chi connectivity index (χ1n) is 6.38. The Hall–Kier alpha value is -2.29. The van der Waals surface area contributed by atoms with Crippen molar-refractivity contribution in [2.75, 3.05) is 18.6 Å². The zero-order chi connectivity index (χ0) is 17.3. The van der Waals surface area contributed by atoms with E-state index in [0.29, 0.717) is 5.75 Å². The molecule has 0 saturated heterocycles. The lowest BCUT2D eigenvalue weighted by molar-refractivity contribution is -0.674. The molecule has 9 heteroatoms. The second-order valence-electron chi connectivity index (χ2n) is 4.59.